The van der Waals surface area contributed by atoms with Gasteiger partial charge in [-0.3, -0.25) is 4.79 Å². The van der Waals surface area contributed by atoms with Crippen molar-refractivity contribution in [1.29, 1.82) is 0 Å². The zero-order valence-electron chi connectivity index (χ0n) is 12.1. The summed E-state index contributed by atoms with van der Waals surface area (Å²) in [6.45, 7) is 0.0674. The van der Waals surface area contributed by atoms with E-state index < -0.39 is 6.10 Å². The Morgan fingerprint density at radius 2 is 2.22 bits per heavy atom. The monoisotopic (exact) mass is 329 g/mol. The van der Waals surface area contributed by atoms with Crippen molar-refractivity contribution in [2.75, 3.05) is 6.54 Å². The number of nitrogens with one attached hydrogen (secondary N) is 1. The lowest BCUT2D eigenvalue weighted by molar-refractivity contribution is -0.116. The highest BCUT2D eigenvalue weighted by atomic mass is 32.1. The molecule has 3 rings (SSSR count). The molecule has 0 bridgehead atoms. The largest absolute Gasteiger partial charge is 0.461 e. The van der Waals surface area contributed by atoms with E-state index in [1.54, 1.807) is 47.9 Å². The number of hydrogen-bond donors (Lipinski definition) is 2. The van der Waals surface area contributed by atoms with Crippen LogP contribution in [0, 0.1) is 0 Å². The molecule has 0 saturated carbocycles. The van der Waals surface area contributed by atoms with Crippen LogP contribution >= 0.6 is 11.3 Å². The van der Waals surface area contributed by atoms with Gasteiger partial charge in [-0.2, -0.15) is 11.3 Å². The first-order valence-corrected chi connectivity index (χ1v) is 7.96. The van der Waals surface area contributed by atoms with Crippen molar-refractivity contribution in [1.82, 2.24) is 5.32 Å². The van der Waals surface area contributed by atoms with E-state index in [9.17, 15) is 9.90 Å². The lowest BCUT2D eigenvalue weighted by atomic mass is 10.2. The van der Waals surface area contributed by atoms with Crippen molar-refractivity contribution in [2.45, 2.75) is 6.10 Å². The molecule has 0 aliphatic rings. The van der Waals surface area contributed by atoms with E-state index in [-0.39, 0.29) is 12.5 Å². The highest BCUT2D eigenvalue weighted by molar-refractivity contribution is 7.08. The fourth-order valence-corrected chi connectivity index (χ4v) is 2.61. The Labute approximate surface area is 136 Å². The lowest BCUT2D eigenvalue weighted by Gasteiger charge is -2.08. The summed E-state index contributed by atoms with van der Waals surface area (Å²) in [4.78, 5) is 11.7. The van der Waals surface area contributed by atoms with Crippen LogP contribution in [0.25, 0.3) is 17.6 Å². The number of thiophene rings is 1. The topological polar surface area (TPSA) is 75.6 Å². The summed E-state index contributed by atoms with van der Waals surface area (Å²) >= 11 is 1.56. The number of rotatable bonds is 6. The van der Waals surface area contributed by atoms with Gasteiger partial charge in [0.05, 0.1) is 12.8 Å². The Bertz CT molecular complexity index is 772. The van der Waals surface area contributed by atoms with Crippen LogP contribution in [-0.4, -0.2) is 17.6 Å². The van der Waals surface area contributed by atoms with E-state index in [1.165, 1.54) is 6.08 Å². The van der Waals surface area contributed by atoms with Crippen LogP contribution in [0.4, 0.5) is 0 Å². The van der Waals surface area contributed by atoms with Gasteiger partial charge in [0.1, 0.15) is 11.9 Å². The molecule has 3 aromatic heterocycles. The lowest BCUT2D eigenvalue weighted by Crippen LogP contribution is -2.26. The van der Waals surface area contributed by atoms with E-state index in [4.69, 9.17) is 8.83 Å². The minimum atomic E-state index is -0.919. The predicted molar refractivity (Wildman–Crippen MR) is 87.7 cm³/mol. The van der Waals surface area contributed by atoms with Crippen LogP contribution in [0.1, 0.15) is 17.4 Å². The van der Waals surface area contributed by atoms with Gasteiger partial charge in [0.15, 0.2) is 11.5 Å². The molecular weight excluding hydrogens is 314 g/mol. The molecule has 2 N–H and O–H groups in total. The van der Waals surface area contributed by atoms with Gasteiger partial charge in [-0.05, 0) is 52.7 Å². The third-order valence-electron chi connectivity index (χ3n) is 3.16. The summed E-state index contributed by atoms with van der Waals surface area (Å²) in [7, 11) is 0. The number of carbonyl (C=O) groups is 1. The summed E-state index contributed by atoms with van der Waals surface area (Å²) in [6, 6.07) is 8.83. The van der Waals surface area contributed by atoms with Crippen molar-refractivity contribution in [3.05, 3.63) is 64.8 Å². The summed E-state index contributed by atoms with van der Waals surface area (Å²) in [5.74, 6) is 1.23. The van der Waals surface area contributed by atoms with E-state index in [1.807, 2.05) is 16.8 Å². The highest BCUT2D eigenvalue weighted by Crippen LogP contribution is 2.25. The van der Waals surface area contributed by atoms with Crippen molar-refractivity contribution >= 4 is 23.3 Å². The zero-order valence-corrected chi connectivity index (χ0v) is 13.0. The second-order valence-corrected chi connectivity index (χ2v) is 5.61. The van der Waals surface area contributed by atoms with Crippen LogP contribution in [-0.2, 0) is 4.79 Å². The first-order valence-electron chi connectivity index (χ1n) is 7.02. The number of amides is 1. The molecule has 118 valence electrons. The Morgan fingerprint density at radius 1 is 1.30 bits per heavy atom. The zero-order chi connectivity index (χ0) is 16.1. The average Bonchev–Trinajstić information content (AvgIpc) is 3.31. The van der Waals surface area contributed by atoms with E-state index in [0.29, 0.717) is 17.3 Å². The second kappa shape index (κ2) is 7.13. The molecule has 3 aromatic rings. The van der Waals surface area contributed by atoms with Crippen molar-refractivity contribution in [2.24, 2.45) is 0 Å². The number of furan rings is 2. The fourth-order valence-electron chi connectivity index (χ4n) is 1.98. The Hall–Kier alpha value is -2.57. The van der Waals surface area contributed by atoms with Gasteiger partial charge in [0.25, 0.3) is 0 Å². The summed E-state index contributed by atoms with van der Waals surface area (Å²) in [6.07, 6.45) is 3.79. The quantitative estimate of drug-likeness (QED) is 0.679. The van der Waals surface area contributed by atoms with Crippen LogP contribution in [0.2, 0.25) is 0 Å². The molecule has 1 amide bonds. The molecule has 0 radical (unpaired) electrons. The second-order valence-electron chi connectivity index (χ2n) is 4.83. The number of aliphatic hydroxyl groups excluding tert-OH is 1. The molecule has 5 nitrogen and oxygen atoms in total. The molecule has 23 heavy (non-hydrogen) atoms. The molecule has 0 aromatic carbocycles. The summed E-state index contributed by atoms with van der Waals surface area (Å²) in [5.41, 5.74) is 0.972. The molecule has 6 heteroatoms. The average molecular weight is 329 g/mol. The molecule has 1 atom stereocenters. The Kier molecular flexibility index (Phi) is 4.75. The molecule has 1 unspecified atom stereocenters. The number of carbonyl (C=O) groups excluding carboxylic acids is 1. The van der Waals surface area contributed by atoms with Crippen molar-refractivity contribution in [3.63, 3.8) is 0 Å². The van der Waals surface area contributed by atoms with E-state index >= 15 is 0 Å². The standard InChI is InChI=1S/C17H15NO4S/c19-13(10-18-17(20)6-3-12-7-9-23-11-12)14-4-5-16(22-14)15-2-1-8-21-15/h1-9,11,13,19H,10H2,(H,18,20)/b6-3+. The van der Waals surface area contributed by atoms with Crippen molar-refractivity contribution in [3.8, 4) is 11.5 Å². The number of aliphatic hydroxyl groups is 1. The minimum Gasteiger partial charge on any atom is -0.461 e. The van der Waals surface area contributed by atoms with Gasteiger partial charge in [0.2, 0.25) is 5.91 Å². The highest BCUT2D eigenvalue weighted by Gasteiger charge is 2.14. The summed E-state index contributed by atoms with van der Waals surface area (Å²) < 4.78 is 10.8. The normalized spacial score (nSPS) is 12.6. The van der Waals surface area contributed by atoms with Crippen molar-refractivity contribution < 1.29 is 18.7 Å². The molecule has 0 saturated heterocycles. The molecule has 0 spiro atoms. The van der Waals surface area contributed by atoms with Crippen LogP contribution in [0.5, 0.6) is 0 Å². The third-order valence-corrected chi connectivity index (χ3v) is 3.86. The van der Waals surface area contributed by atoms with Gasteiger partial charge < -0.3 is 19.3 Å². The van der Waals surface area contributed by atoms with Gasteiger partial charge in [0, 0.05) is 6.08 Å². The maximum atomic E-state index is 11.7. The summed E-state index contributed by atoms with van der Waals surface area (Å²) in [5, 5.41) is 16.6. The molecule has 0 aliphatic heterocycles. The molecule has 0 fully saturated rings. The van der Waals surface area contributed by atoms with E-state index in [2.05, 4.69) is 5.32 Å². The smallest absolute Gasteiger partial charge is 0.244 e. The van der Waals surface area contributed by atoms with Gasteiger partial charge in [-0.1, -0.05) is 0 Å². The minimum absolute atomic E-state index is 0.0674. The first-order chi connectivity index (χ1) is 11.2. The van der Waals surface area contributed by atoms with Gasteiger partial charge in [-0.25, -0.2) is 0 Å². The molecule has 3 heterocycles. The third kappa shape index (κ3) is 4.00. The van der Waals surface area contributed by atoms with Gasteiger partial charge >= 0.3 is 0 Å². The SMILES string of the molecule is O=C(/C=C/c1ccsc1)NCC(O)c1ccc(-c2ccco2)o1. The predicted octanol–water partition coefficient (Wildman–Crippen LogP) is 3.46. The molecule has 0 aliphatic carbocycles. The Balaban J connectivity index is 1.53. The Morgan fingerprint density at radius 3 is 2.96 bits per heavy atom. The maximum absolute atomic E-state index is 11.7. The first kappa shape index (κ1) is 15.3. The van der Waals surface area contributed by atoms with Crippen LogP contribution < -0.4 is 5.32 Å². The molecular formula is C17H15NO4S. The van der Waals surface area contributed by atoms with Crippen LogP contribution in [0.3, 0.4) is 0 Å². The maximum Gasteiger partial charge on any atom is 0.244 e. The number of hydrogen-bond acceptors (Lipinski definition) is 5. The van der Waals surface area contributed by atoms with Gasteiger partial charge in [-0.15, -0.1) is 0 Å². The van der Waals surface area contributed by atoms with Crippen LogP contribution in [0.15, 0.2) is 62.3 Å². The van der Waals surface area contributed by atoms with E-state index in [0.717, 1.165) is 5.56 Å². The fraction of sp³-hybridized carbons (Fsp3) is 0.118.